The molecule has 108 valence electrons. The summed E-state index contributed by atoms with van der Waals surface area (Å²) in [7, 11) is 1.58. The highest BCUT2D eigenvalue weighted by molar-refractivity contribution is 6.30. The summed E-state index contributed by atoms with van der Waals surface area (Å²) in [5, 5.41) is 9.58. The molecular formula is C16H15ClN2O2. The highest BCUT2D eigenvalue weighted by atomic mass is 35.5. The summed E-state index contributed by atoms with van der Waals surface area (Å²) >= 11 is 5.93. The summed E-state index contributed by atoms with van der Waals surface area (Å²) in [4.78, 5) is 0. The lowest BCUT2D eigenvalue weighted by atomic mass is 10.1. The van der Waals surface area contributed by atoms with E-state index in [0.717, 1.165) is 11.1 Å². The number of rotatable bonds is 5. The van der Waals surface area contributed by atoms with Gasteiger partial charge in [0, 0.05) is 22.7 Å². The van der Waals surface area contributed by atoms with Crippen molar-refractivity contribution in [2.24, 2.45) is 5.73 Å². The largest absolute Gasteiger partial charge is 0.496 e. The van der Waals surface area contributed by atoms with Gasteiger partial charge in [-0.2, -0.15) is 5.26 Å². The summed E-state index contributed by atoms with van der Waals surface area (Å²) in [6.07, 6.45) is 0. The van der Waals surface area contributed by atoms with E-state index in [9.17, 15) is 0 Å². The lowest BCUT2D eigenvalue weighted by molar-refractivity contribution is 0.294. The van der Waals surface area contributed by atoms with Crippen molar-refractivity contribution in [3.63, 3.8) is 0 Å². The zero-order chi connectivity index (χ0) is 15.2. The van der Waals surface area contributed by atoms with Crippen molar-refractivity contribution in [2.75, 3.05) is 7.11 Å². The quantitative estimate of drug-likeness (QED) is 0.920. The second-order valence-corrected chi connectivity index (χ2v) is 4.82. The minimum absolute atomic E-state index is 0.285. The molecule has 0 fully saturated rings. The smallest absolute Gasteiger partial charge is 0.125 e. The third-order valence-electron chi connectivity index (χ3n) is 3.04. The highest BCUT2D eigenvalue weighted by Crippen LogP contribution is 2.26. The Balaban J connectivity index is 2.22. The van der Waals surface area contributed by atoms with E-state index in [0.29, 0.717) is 28.6 Å². The fraction of sp³-hybridized carbons (Fsp3) is 0.188. The standard InChI is InChI=1S/C16H15ClN2O2/c1-20-15-4-2-11(8-18)6-13(15)10-21-16-5-3-14(17)7-12(16)9-19/h2-7H,9-10,19H2,1H3. The van der Waals surface area contributed by atoms with Crippen LogP contribution in [0.25, 0.3) is 0 Å². The molecule has 0 aliphatic rings. The number of hydrogen-bond donors (Lipinski definition) is 1. The summed E-state index contributed by atoms with van der Waals surface area (Å²) in [6, 6.07) is 12.6. The average Bonchev–Trinajstić information content (AvgIpc) is 2.53. The first-order chi connectivity index (χ1) is 10.2. The van der Waals surface area contributed by atoms with Crippen LogP contribution in [-0.2, 0) is 13.2 Å². The van der Waals surface area contributed by atoms with Crippen molar-refractivity contribution in [3.8, 4) is 17.6 Å². The molecule has 21 heavy (non-hydrogen) atoms. The zero-order valence-electron chi connectivity index (χ0n) is 11.6. The highest BCUT2D eigenvalue weighted by Gasteiger charge is 2.08. The van der Waals surface area contributed by atoms with Gasteiger partial charge in [0.15, 0.2) is 0 Å². The molecule has 0 spiro atoms. The Morgan fingerprint density at radius 1 is 1.14 bits per heavy atom. The van der Waals surface area contributed by atoms with Crippen LogP contribution in [0.4, 0.5) is 0 Å². The number of nitriles is 1. The molecule has 0 aliphatic carbocycles. The van der Waals surface area contributed by atoms with Crippen molar-refractivity contribution in [3.05, 3.63) is 58.1 Å². The first kappa shape index (κ1) is 15.2. The molecule has 4 nitrogen and oxygen atoms in total. The van der Waals surface area contributed by atoms with Gasteiger partial charge in [0.2, 0.25) is 0 Å². The number of halogens is 1. The molecule has 0 unspecified atom stereocenters. The Morgan fingerprint density at radius 2 is 1.90 bits per heavy atom. The maximum absolute atomic E-state index is 8.96. The van der Waals surface area contributed by atoms with Gasteiger partial charge in [-0.25, -0.2) is 0 Å². The number of hydrogen-bond acceptors (Lipinski definition) is 4. The first-order valence-electron chi connectivity index (χ1n) is 6.36. The number of ether oxygens (including phenoxy) is 2. The third kappa shape index (κ3) is 3.66. The van der Waals surface area contributed by atoms with E-state index in [1.807, 2.05) is 0 Å². The molecule has 2 N–H and O–H groups in total. The predicted molar refractivity (Wildman–Crippen MR) is 81.4 cm³/mol. The normalized spacial score (nSPS) is 10.0. The van der Waals surface area contributed by atoms with E-state index >= 15 is 0 Å². The predicted octanol–water partition coefficient (Wildman–Crippen LogP) is 3.26. The van der Waals surface area contributed by atoms with Crippen LogP contribution >= 0.6 is 11.6 Å². The fourth-order valence-corrected chi connectivity index (χ4v) is 2.16. The Kier molecular flexibility index (Phi) is 5.04. The van der Waals surface area contributed by atoms with Crippen molar-refractivity contribution >= 4 is 11.6 Å². The number of benzene rings is 2. The van der Waals surface area contributed by atoms with Gasteiger partial charge in [-0.1, -0.05) is 11.6 Å². The van der Waals surface area contributed by atoms with Gasteiger partial charge in [0.25, 0.3) is 0 Å². The summed E-state index contributed by atoms with van der Waals surface area (Å²) in [5.74, 6) is 1.35. The van der Waals surface area contributed by atoms with Crippen LogP contribution in [0.1, 0.15) is 16.7 Å². The molecule has 0 atom stereocenters. The van der Waals surface area contributed by atoms with Gasteiger partial charge in [-0.05, 0) is 36.4 Å². The van der Waals surface area contributed by atoms with Crippen molar-refractivity contribution in [2.45, 2.75) is 13.2 Å². The Labute approximate surface area is 128 Å². The minimum atomic E-state index is 0.285. The molecule has 2 rings (SSSR count). The number of nitrogens with two attached hydrogens (primary N) is 1. The van der Waals surface area contributed by atoms with Crippen molar-refractivity contribution < 1.29 is 9.47 Å². The van der Waals surface area contributed by atoms with Gasteiger partial charge >= 0.3 is 0 Å². The second kappa shape index (κ2) is 6.98. The monoisotopic (exact) mass is 302 g/mol. The lowest BCUT2D eigenvalue weighted by Gasteiger charge is -2.13. The third-order valence-corrected chi connectivity index (χ3v) is 3.27. The van der Waals surface area contributed by atoms with E-state index < -0.39 is 0 Å². The molecule has 0 radical (unpaired) electrons. The Hall–Kier alpha value is -2.22. The van der Waals surface area contributed by atoms with Gasteiger partial charge in [-0.3, -0.25) is 0 Å². The van der Waals surface area contributed by atoms with Crippen LogP contribution in [0.5, 0.6) is 11.5 Å². The van der Waals surface area contributed by atoms with Gasteiger partial charge in [0.1, 0.15) is 18.1 Å². The van der Waals surface area contributed by atoms with E-state index in [1.165, 1.54) is 0 Å². The summed E-state index contributed by atoms with van der Waals surface area (Å²) < 4.78 is 11.1. The number of nitrogens with zero attached hydrogens (tertiary/aromatic N) is 1. The van der Waals surface area contributed by atoms with Crippen LogP contribution in [0.3, 0.4) is 0 Å². The Bertz CT molecular complexity index is 680. The summed E-state index contributed by atoms with van der Waals surface area (Å²) in [5.41, 5.74) is 7.88. The van der Waals surface area contributed by atoms with Crippen LogP contribution in [0.2, 0.25) is 5.02 Å². The van der Waals surface area contributed by atoms with Crippen LogP contribution in [-0.4, -0.2) is 7.11 Å². The molecule has 0 aromatic heterocycles. The molecule has 0 aliphatic heterocycles. The first-order valence-corrected chi connectivity index (χ1v) is 6.74. The molecular weight excluding hydrogens is 288 g/mol. The van der Waals surface area contributed by atoms with Crippen LogP contribution in [0, 0.1) is 11.3 Å². The number of methoxy groups -OCH3 is 1. The van der Waals surface area contributed by atoms with E-state index in [4.69, 9.17) is 32.1 Å². The molecule has 0 heterocycles. The molecule has 0 bridgehead atoms. The van der Waals surface area contributed by atoms with Gasteiger partial charge in [0.05, 0.1) is 18.7 Å². The molecule has 2 aromatic rings. The van der Waals surface area contributed by atoms with Crippen molar-refractivity contribution in [1.82, 2.24) is 0 Å². The molecule has 0 amide bonds. The van der Waals surface area contributed by atoms with Gasteiger partial charge < -0.3 is 15.2 Å². The maximum atomic E-state index is 8.96. The van der Waals surface area contributed by atoms with Gasteiger partial charge in [-0.15, -0.1) is 0 Å². The molecule has 0 saturated heterocycles. The maximum Gasteiger partial charge on any atom is 0.125 e. The Morgan fingerprint density at radius 3 is 2.57 bits per heavy atom. The van der Waals surface area contributed by atoms with Crippen LogP contribution in [0.15, 0.2) is 36.4 Å². The van der Waals surface area contributed by atoms with E-state index in [2.05, 4.69) is 6.07 Å². The molecule has 5 heteroatoms. The zero-order valence-corrected chi connectivity index (χ0v) is 12.4. The lowest BCUT2D eigenvalue weighted by Crippen LogP contribution is -2.04. The average molecular weight is 303 g/mol. The van der Waals surface area contributed by atoms with Crippen molar-refractivity contribution in [1.29, 1.82) is 5.26 Å². The molecule has 0 saturated carbocycles. The fourth-order valence-electron chi connectivity index (χ4n) is 1.96. The molecule has 2 aromatic carbocycles. The topological polar surface area (TPSA) is 68.3 Å². The summed E-state index contributed by atoms with van der Waals surface area (Å²) in [6.45, 7) is 0.624. The van der Waals surface area contributed by atoms with E-state index in [-0.39, 0.29) is 6.61 Å². The second-order valence-electron chi connectivity index (χ2n) is 4.38. The van der Waals surface area contributed by atoms with E-state index in [1.54, 1.807) is 43.5 Å². The minimum Gasteiger partial charge on any atom is -0.496 e. The van der Waals surface area contributed by atoms with Crippen LogP contribution < -0.4 is 15.2 Å². The SMILES string of the molecule is COc1ccc(C#N)cc1COc1ccc(Cl)cc1CN.